The first kappa shape index (κ1) is 9.92. The fourth-order valence-corrected chi connectivity index (χ4v) is 1.59. The molecule has 0 heterocycles. The average Bonchev–Trinajstić information content (AvgIpc) is 2.40. The molecular formula is C9H12O4. The normalized spacial score (nSPS) is 32.5. The predicted octanol–water partition coefficient (Wildman–Crippen LogP) is 0.0556. The summed E-state index contributed by atoms with van der Waals surface area (Å²) in [6, 6.07) is 0. The minimum absolute atomic E-state index is 0.0179. The molecule has 0 saturated carbocycles. The predicted molar refractivity (Wildman–Crippen MR) is 44.9 cm³/mol. The van der Waals surface area contributed by atoms with Crippen LogP contribution in [0.15, 0.2) is 11.6 Å². The Kier molecular flexibility index (Phi) is 2.52. The van der Waals surface area contributed by atoms with Crippen molar-refractivity contribution in [1.82, 2.24) is 0 Å². The maximum atomic E-state index is 11.2. The highest BCUT2D eigenvalue weighted by Gasteiger charge is 2.45. The monoisotopic (exact) mass is 184 g/mol. The first-order valence-electron chi connectivity index (χ1n) is 4.03. The van der Waals surface area contributed by atoms with E-state index in [-0.39, 0.29) is 17.9 Å². The van der Waals surface area contributed by atoms with E-state index in [1.54, 1.807) is 6.08 Å². The number of aldehydes is 1. The maximum absolute atomic E-state index is 11.2. The molecule has 0 spiro atoms. The van der Waals surface area contributed by atoms with Crippen molar-refractivity contribution in [2.45, 2.75) is 18.9 Å². The first-order chi connectivity index (χ1) is 6.04. The van der Waals surface area contributed by atoms with Crippen molar-refractivity contribution >= 4 is 12.3 Å². The van der Waals surface area contributed by atoms with Gasteiger partial charge >= 0.3 is 5.97 Å². The molecule has 0 bridgehead atoms. The molecule has 1 aliphatic carbocycles. The first-order valence-corrected chi connectivity index (χ1v) is 4.03. The minimum Gasteiger partial charge on any atom is -0.467 e. The molecule has 0 radical (unpaired) electrons. The van der Waals surface area contributed by atoms with Gasteiger partial charge in [0.25, 0.3) is 0 Å². The molecule has 1 aliphatic rings. The van der Waals surface area contributed by atoms with Crippen LogP contribution >= 0.6 is 0 Å². The summed E-state index contributed by atoms with van der Waals surface area (Å²) in [6.45, 7) is 1.82. The molecule has 2 atom stereocenters. The van der Waals surface area contributed by atoms with Gasteiger partial charge in [-0.25, -0.2) is 4.79 Å². The molecule has 0 aliphatic heterocycles. The van der Waals surface area contributed by atoms with E-state index in [1.165, 1.54) is 7.11 Å². The number of carbonyl (C=O) groups is 2. The molecule has 72 valence electrons. The standard InChI is InChI=1S/C9H12O4/c1-6-3-7(5-10)9(12,4-6)8(11)13-2/h3,5-6,12H,4H2,1-2H3. The van der Waals surface area contributed by atoms with Crippen LogP contribution in [0, 0.1) is 5.92 Å². The summed E-state index contributed by atoms with van der Waals surface area (Å²) in [5.41, 5.74) is -1.62. The highest BCUT2D eigenvalue weighted by atomic mass is 16.5. The molecule has 4 heteroatoms. The van der Waals surface area contributed by atoms with Crippen LogP contribution in [0.2, 0.25) is 0 Å². The van der Waals surface area contributed by atoms with Crippen LogP contribution < -0.4 is 0 Å². The largest absolute Gasteiger partial charge is 0.467 e. The smallest absolute Gasteiger partial charge is 0.342 e. The van der Waals surface area contributed by atoms with Crippen LogP contribution in [0.1, 0.15) is 13.3 Å². The van der Waals surface area contributed by atoms with Gasteiger partial charge in [0, 0.05) is 5.57 Å². The van der Waals surface area contributed by atoms with Crippen molar-refractivity contribution in [3.05, 3.63) is 11.6 Å². The number of ether oxygens (including phenoxy) is 1. The van der Waals surface area contributed by atoms with Crippen LogP contribution in [0.3, 0.4) is 0 Å². The molecule has 1 rings (SSSR count). The van der Waals surface area contributed by atoms with Crippen LogP contribution in [0.5, 0.6) is 0 Å². The van der Waals surface area contributed by atoms with Gasteiger partial charge < -0.3 is 9.84 Å². The molecule has 0 aromatic rings. The Balaban J connectivity index is 2.98. The van der Waals surface area contributed by atoms with E-state index in [4.69, 9.17) is 0 Å². The summed E-state index contributed by atoms with van der Waals surface area (Å²) in [6.07, 6.45) is 2.30. The second kappa shape index (κ2) is 3.30. The van der Waals surface area contributed by atoms with E-state index in [1.807, 2.05) is 6.92 Å². The van der Waals surface area contributed by atoms with Gasteiger partial charge in [0.2, 0.25) is 0 Å². The third-order valence-electron chi connectivity index (χ3n) is 2.21. The van der Waals surface area contributed by atoms with Crippen molar-refractivity contribution in [3.63, 3.8) is 0 Å². The second-order valence-electron chi connectivity index (χ2n) is 3.27. The van der Waals surface area contributed by atoms with E-state index < -0.39 is 11.6 Å². The maximum Gasteiger partial charge on any atom is 0.342 e. The number of aliphatic hydroxyl groups is 1. The van der Waals surface area contributed by atoms with Gasteiger partial charge in [-0.05, 0) is 12.3 Å². The highest BCUT2D eigenvalue weighted by Crippen LogP contribution is 2.33. The summed E-state index contributed by atoms with van der Waals surface area (Å²) < 4.78 is 4.43. The van der Waals surface area contributed by atoms with Gasteiger partial charge in [0.15, 0.2) is 5.60 Å². The van der Waals surface area contributed by atoms with Crippen LogP contribution in [0.25, 0.3) is 0 Å². The zero-order chi connectivity index (χ0) is 10.1. The quantitative estimate of drug-likeness (QED) is 0.486. The molecule has 4 nitrogen and oxygen atoms in total. The van der Waals surface area contributed by atoms with Crippen molar-refractivity contribution in [3.8, 4) is 0 Å². The summed E-state index contributed by atoms with van der Waals surface area (Å²) >= 11 is 0. The van der Waals surface area contributed by atoms with Crippen LogP contribution in [-0.2, 0) is 14.3 Å². The lowest BCUT2D eigenvalue weighted by Crippen LogP contribution is -2.40. The topological polar surface area (TPSA) is 63.6 Å². The Morgan fingerprint density at radius 2 is 2.46 bits per heavy atom. The van der Waals surface area contributed by atoms with Crippen LogP contribution in [0.4, 0.5) is 0 Å². The summed E-state index contributed by atoms with van der Waals surface area (Å²) in [4.78, 5) is 21.7. The van der Waals surface area contributed by atoms with E-state index in [9.17, 15) is 14.7 Å². The Labute approximate surface area is 76.2 Å². The zero-order valence-corrected chi connectivity index (χ0v) is 7.61. The number of rotatable bonds is 2. The van der Waals surface area contributed by atoms with Gasteiger partial charge in [0.1, 0.15) is 6.29 Å². The number of hydrogen-bond acceptors (Lipinski definition) is 4. The lowest BCUT2D eigenvalue weighted by molar-refractivity contribution is -0.159. The molecule has 1 N–H and O–H groups in total. The lowest BCUT2D eigenvalue weighted by Gasteiger charge is -2.20. The number of esters is 1. The molecule has 0 fully saturated rings. The summed E-state index contributed by atoms with van der Waals surface area (Å²) in [5, 5.41) is 9.82. The molecule has 0 amide bonds. The van der Waals surface area contributed by atoms with Gasteiger partial charge in [-0.2, -0.15) is 0 Å². The fourth-order valence-electron chi connectivity index (χ4n) is 1.59. The van der Waals surface area contributed by atoms with Gasteiger partial charge in [0.05, 0.1) is 7.11 Å². The minimum atomic E-state index is -1.73. The molecule has 0 aromatic heterocycles. The van der Waals surface area contributed by atoms with Crippen molar-refractivity contribution in [1.29, 1.82) is 0 Å². The summed E-state index contributed by atoms with van der Waals surface area (Å²) in [5.74, 6) is -0.750. The Bertz CT molecular complexity index is 269. The third kappa shape index (κ3) is 1.49. The highest BCUT2D eigenvalue weighted by molar-refractivity contribution is 5.94. The zero-order valence-electron chi connectivity index (χ0n) is 7.61. The van der Waals surface area contributed by atoms with Crippen LogP contribution in [-0.4, -0.2) is 30.1 Å². The van der Waals surface area contributed by atoms with E-state index in [2.05, 4.69) is 4.74 Å². The number of allylic oxidation sites excluding steroid dienone is 1. The molecule has 0 saturated heterocycles. The number of hydrogen-bond donors (Lipinski definition) is 1. The molecule has 13 heavy (non-hydrogen) atoms. The molecule has 0 aromatic carbocycles. The third-order valence-corrected chi connectivity index (χ3v) is 2.21. The second-order valence-corrected chi connectivity index (χ2v) is 3.27. The van der Waals surface area contributed by atoms with Gasteiger partial charge in [-0.3, -0.25) is 4.79 Å². The Morgan fingerprint density at radius 3 is 2.92 bits per heavy atom. The van der Waals surface area contributed by atoms with Crippen molar-refractivity contribution < 1.29 is 19.4 Å². The number of methoxy groups -OCH3 is 1. The van der Waals surface area contributed by atoms with E-state index in [0.717, 1.165) is 0 Å². The average molecular weight is 184 g/mol. The van der Waals surface area contributed by atoms with Crippen molar-refractivity contribution in [2.75, 3.05) is 7.11 Å². The number of carbonyl (C=O) groups excluding carboxylic acids is 2. The van der Waals surface area contributed by atoms with Gasteiger partial charge in [-0.15, -0.1) is 0 Å². The fraction of sp³-hybridized carbons (Fsp3) is 0.556. The molecular weight excluding hydrogens is 172 g/mol. The van der Waals surface area contributed by atoms with E-state index in [0.29, 0.717) is 6.29 Å². The van der Waals surface area contributed by atoms with Gasteiger partial charge in [-0.1, -0.05) is 13.0 Å². The SMILES string of the molecule is COC(=O)C1(O)CC(C)C=C1C=O. The lowest BCUT2D eigenvalue weighted by atomic mass is 9.95. The van der Waals surface area contributed by atoms with Crippen molar-refractivity contribution in [2.24, 2.45) is 5.92 Å². The van der Waals surface area contributed by atoms with E-state index >= 15 is 0 Å². The summed E-state index contributed by atoms with van der Waals surface area (Å²) in [7, 11) is 1.19. The Hall–Kier alpha value is -1.16. The molecule has 2 unspecified atom stereocenters. The Morgan fingerprint density at radius 1 is 1.85 bits per heavy atom.